The first-order valence-electron chi connectivity index (χ1n) is 8.29. The van der Waals surface area contributed by atoms with E-state index in [9.17, 15) is 0 Å². The highest BCUT2D eigenvalue weighted by Gasteiger charge is 2.13. The number of aryl methyl sites for hydroxylation is 2. The third kappa shape index (κ3) is 2.61. The van der Waals surface area contributed by atoms with Crippen LogP contribution in [0, 0.1) is 13.8 Å². The highest BCUT2D eigenvalue weighted by molar-refractivity contribution is 5.93. The number of benzene rings is 3. The first-order chi connectivity index (χ1) is 11.7. The van der Waals surface area contributed by atoms with Gasteiger partial charge in [-0.15, -0.1) is 0 Å². The van der Waals surface area contributed by atoms with Crippen molar-refractivity contribution in [2.45, 2.75) is 20.4 Å². The summed E-state index contributed by atoms with van der Waals surface area (Å²) in [5, 5.41) is 6.07. The summed E-state index contributed by atoms with van der Waals surface area (Å²) in [6.45, 7) is 5.06. The molecule has 0 aliphatic carbocycles. The number of nitrogens with zero attached hydrogens (tertiary/aromatic N) is 2. The average molecular weight is 312 g/mol. The van der Waals surface area contributed by atoms with Crippen molar-refractivity contribution in [2.24, 2.45) is 0 Å². The molecule has 1 heterocycles. The van der Waals surface area contributed by atoms with Crippen molar-refractivity contribution in [3.05, 3.63) is 89.5 Å². The third-order valence-electron chi connectivity index (χ3n) is 4.55. The Hall–Kier alpha value is -2.87. The predicted molar refractivity (Wildman–Crippen MR) is 100 cm³/mol. The normalized spacial score (nSPS) is 11.1. The van der Waals surface area contributed by atoms with E-state index in [-0.39, 0.29) is 0 Å². The van der Waals surface area contributed by atoms with Gasteiger partial charge < -0.3 is 0 Å². The monoisotopic (exact) mass is 312 g/mol. The Morgan fingerprint density at radius 2 is 1.50 bits per heavy atom. The minimum absolute atomic E-state index is 0.782. The van der Waals surface area contributed by atoms with E-state index >= 15 is 0 Å². The quantitative estimate of drug-likeness (QED) is 0.497. The van der Waals surface area contributed by atoms with Gasteiger partial charge in [-0.1, -0.05) is 72.3 Å². The fourth-order valence-electron chi connectivity index (χ4n) is 3.16. The van der Waals surface area contributed by atoms with Crippen LogP contribution in [0.25, 0.3) is 22.2 Å². The minimum atomic E-state index is 0.782. The molecule has 4 rings (SSSR count). The van der Waals surface area contributed by atoms with Crippen LogP contribution in [-0.2, 0) is 6.54 Å². The lowest BCUT2D eigenvalue weighted by Gasteiger charge is -2.10. The summed E-state index contributed by atoms with van der Waals surface area (Å²) in [6, 6.07) is 25.6. The Bertz CT molecular complexity index is 994. The molecular formula is C22H20N2. The van der Waals surface area contributed by atoms with Gasteiger partial charge in [0, 0.05) is 10.9 Å². The van der Waals surface area contributed by atoms with Crippen LogP contribution in [0.5, 0.6) is 0 Å². The summed E-state index contributed by atoms with van der Waals surface area (Å²) in [5.74, 6) is 0. The molecule has 0 saturated heterocycles. The van der Waals surface area contributed by atoms with Crippen LogP contribution in [0.2, 0.25) is 0 Å². The van der Waals surface area contributed by atoms with Gasteiger partial charge in [0.2, 0.25) is 0 Å². The van der Waals surface area contributed by atoms with E-state index in [4.69, 9.17) is 5.10 Å². The summed E-state index contributed by atoms with van der Waals surface area (Å²) < 4.78 is 2.14. The molecule has 0 aliphatic rings. The van der Waals surface area contributed by atoms with E-state index in [0.29, 0.717) is 0 Å². The minimum Gasteiger partial charge on any atom is -0.259 e. The molecule has 0 spiro atoms. The van der Waals surface area contributed by atoms with Crippen LogP contribution in [0.15, 0.2) is 72.8 Å². The zero-order valence-electron chi connectivity index (χ0n) is 14.0. The zero-order chi connectivity index (χ0) is 16.5. The van der Waals surface area contributed by atoms with Crippen LogP contribution in [0.1, 0.15) is 16.7 Å². The molecule has 3 aromatic carbocycles. The Morgan fingerprint density at radius 1 is 0.792 bits per heavy atom. The van der Waals surface area contributed by atoms with E-state index < -0.39 is 0 Å². The van der Waals surface area contributed by atoms with Crippen LogP contribution in [-0.4, -0.2) is 9.78 Å². The second kappa shape index (κ2) is 5.97. The van der Waals surface area contributed by atoms with Gasteiger partial charge in [-0.05, 0) is 31.0 Å². The highest BCUT2D eigenvalue weighted by atomic mass is 15.3. The Morgan fingerprint density at radius 3 is 2.29 bits per heavy atom. The molecular weight excluding hydrogens is 292 g/mol. The summed E-state index contributed by atoms with van der Waals surface area (Å²) in [6.07, 6.45) is 0. The standard InChI is InChI=1S/C22H20N2/c1-16-11-13-18(14-12-16)22-20-9-5-6-10-21(20)23-24(22)15-19-8-4-3-7-17(19)2/h3-14H,15H2,1-2H3. The van der Waals surface area contributed by atoms with Gasteiger partial charge in [0.05, 0.1) is 17.8 Å². The fourth-order valence-corrected chi connectivity index (χ4v) is 3.16. The summed E-state index contributed by atoms with van der Waals surface area (Å²) >= 11 is 0. The van der Waals surface area contributed by atoms with Gasteiger partial charge in [-0.3, -0.25) is 4.68 Å². The maximum Gasteiger partial charge on any atom is 0.0930 e. The SMILES string of the molecule is Cc1ccc(-c2c3ccccc3nn2Cc2ccccc2C)cc1. The third-order valence-corrected chi connectivity index (χ3v) is 4.55. The first kappa shape index (κ1) is 14.7. The smallest absolute Gasteiger partial charge is 0.0930 e. The molecule has 4 aromatic rings. The average Bonchev–Trinajstić information content (AvgIpc) is 2.96. The predicted octanol–water partition coefficient (Wildman–Crippen LogP) is 5.37. The zero-order valence-corrected chi connectivity index (χ0v) is 14.0. The van der Waals surface area contributed by atoms with Gasteiger partial charge in [0.25, 0.3) is 0 Å². The lowest BCUT2D eigenvalue weighted by molar-refractivity contribution is 0.700. The lowest BCUT2D eigenvalue weighted by Crippen LogP contribution is -2.05. The fraction of sp³-hybridized carbons (Fsp3) is 0.136. The number of rotatable bonds is 3. The molecule has 1 aromatic heterocycles. The molecule has 0 radical (unpaired) electrons. The van der Waals surface area contributed by atoms with E-state index in [1.54, 1.807) is 0 Å². The summed E-state index contributed by atoms with van der Waals surface area (Å²) in [4.78, 5) is 0. The Balaban J connectivity index is 1.90. The van der Waals surface area contributed by atoms with Crippen molar-refractivity contribution in [3.63, 3.8) is 0 Å². The molecule has 0 N–H and O–H groups in total. The number of fused-ring (bicyclic) bond motifs is 1. The number of hydrogen-bond acceptors (Lipinski definition) is 1. The van der Waals surface area contributed by atoms with E-state index in [0.717, 1.165) is 12.1 Å². The molecule has 0 fully saturated rings. The summed E-state index contributed by atoms with van der Waals surface area (Å²) in [7, 11) is 0. The van der Waals surface area contributed by atoms with Gasteiger partial charge in [0.1, 0.15) is 0 Å². The van der Waals surface area contributed by atoms with Crippen LogP contribution in [0.3, 0.4) is 0 Å². The molecule has 2 heteroatoms. The Kier molecular flexibility index (Phi) is 3.66. The van der Waals surface area contributed by atoms with Crippen molar-refractivity contribution in [1.29, 1.82) is 0 Å². The van der Waals surface area contributed by atoms with Crippen molar-refractivity contribution in [2.75, 3.05) is 0 Å². The molecule has 0 atom stereocenters. The van der Waals surface area contributed by atoms with E-state index in [1.165, 1.54) is 33.3 Å². The van der Waals surface area contributed by atoms with Crippen molar-refractivity contribution in [1.82, 2.24) is 9.78 Å². The van der Waals surface area contributed by atoms with E-state index in [2.05, 4.69) is 85.3 Å². The number of aromatic nitrogens is 2. The maximum absolute atomic E-state index is 4.86. The van der Waals surface area contributed by atoms with Crippen molar-refractivity contribution in [3.8, 4) is 11.3 Å². The largest absolute Gasteiger partial charge is 0.259 e. The molecule has 0 amide bonds. The van der Waals surface area contributed by atoms with Gasteiger partial charge in [-0.25, -0.2) is 0 Å². The molecule has 118 valence electrons. The second-order valence-electron chi connectivity index (χ2n) is 6.32. The molecule has 24 heavy (non-hydrogen) atoms. The maximum atomic E-state index is 4.86. The Labute approximate surface area is 142 Å². The van der Waals surface area contributed by atoms with E-state index in [1.807, 2.05) is 6.07 Å². The number of hydrogen-bond donors (Lipinski definition) is 0. The molecule has 0 bridgehead atoms. The molecule has 0 saturated carbocycles. The second-order valence-corrected chi connectivity index (χ2v) is 6.32. The topological polar surface area (TPSA) is 17.8 Å². The van der Waals surface area contributed by atoms with Crippen LogP contribution >= 0.6 is 0 Å². The molecule has 0 aliphatic heterocycles. The van der Waals surface area contributed by atoms with Crippen LogP contribution < -0.4 is 0 Å². The summed E-state index contributed by atoms with van der Waals surface area (Å²) in [5.41, 5.74) is 7.32. The van der Waals surface area contributed by atoms with Crippen LogP contribution in [0.4, 0.5) is 0 Å². The van der Waals surface area contributed by atoms with Gasteiger partial charge in [0.15, 0.2) is 0 Å². The lowest BCUT2D eigenvalue weighted by atomic mass is 10.1. The van der Waals surface area contributed by atoms with Gasteiger partial charge in [-0.2, -0.15) is 5.10 Å². The van der Waals surface area contributed by atoms with Crippen molar-refractivity contribution < 1.29 is 0 Å². The first-order valence-corrected chi connectivity index (χ1v) is 8.29. The van der Waals surface area contributed by atoms with Crippen molar-refractivity contribution >= 4 is 10.9 Å². The molecule has 0 unspecified atom stereocenters. The highest BCUT2D eigenvalue weighted by Crippen LogP contribution is 2.29. The van der Waals surface area contributed by atoms with Gasteiger partial charge >= 0.3 is 0 Å². The molecule has 2 nitrogen and oxygen atoms in total.